The minimum Gasteiger partial charge on any atom is -0.454 e. The van der Waals surface area contributed by atoms with Crippen LogP contribution in [0.1, 0.15) is 11.1 Å². The van der Waals surface area contributed by atoms with Crippen molar-refractivity contribution in [3.63, 3.8) is 0 Å². The van der Waals surface area contributed by atoms with Crippen molar-refractivity contribution in [3.05, 3.63) is 47.5 Å². The smallest absolute Gasteiger partial charge is 0.416 e. The Balaban J connectivity index is 1.81. The molecule has 0 spiro atoms. The molecule has 2 aromatic carbocycles. The molecule has 0 radical (unpaired) electrons. The van der Waals surface area contributed by atoms with Crippen LogP contribution in [0.3, 0.4) is 0 Å². The van der Waals surface area contributed by atoms with Gasteiger partial charge in [-0.15, -0.1) is 5.10 Å². The van der Waals surface area contributed by atoms with Crippen LogP contribution in [0.15, 0.2) is 36.4 Å². The molecular weight excluding hydrogens is 349 g/mol. The van der Waals surface area contributed by atoms with Gasteiger partial charge in [0.2, 0.25) is 6.79 Å². The molecule has 1 aliphatic heterocycles. The first-order chi connectivity index (χ1) is 12.5. The predicted molar refractivity (Wildman–Crippen MR) is 84.9 cm³/mol. The molecule has 0 atom stereocenters. The number of hydrogen-bond donors (Lipinski definition) is 0. The summed E-state index contributed by atoms with van der Waals surface area (Å²) in [6, 6.07) is 10.1. The number of nitriles is 1. The maximum atomic E-state index is 13.0. The van der Waals surface area contributed by atoms with Crippen LogP contribution in [0.4, 0.5) is 13.2 Å². The van der Waals surface area contributed by atoms with Gasteiger partial charge in [0, 0.05) is 0 Å². The number of rotatable bonds is 2. The van der Waals surface area contributed by atoms with Crippen molar-refractivity contribution in [2.45, 2.75) is 6.18 Å². The third-order valence-electron chi connectivity index (χ3n) is 3.82. The van der Waals surface area contributed by atoms with E-state index in [0.29, 0.717) is 17.1 Å². The highest BCUT2D eigenvalue weighted by molar-refractivity contribution is 5.86. The van der Waals surface area contributed by atoms with E-state index in [1.54, 1.807) is 18.2 Å². The van der Waals surface area contributed by atoms with Crippen LogP contribution < -0.4 is 9.47 Å². The molecule has 0 saturated carbocycles. The van der Waals surface area contributed by atoms with Crippen molar-refractivity contribution >= 4 is 22.8 Å². The number of fused-ring (bicyclic) bond motifs is 2. The number of aromatic nitrogens is 3. The van der Waals surface area contributed by atoms with E-state index in [1.807, 2.05) is 6.07 Å². The summed E-state index contributed by atoms with van der Waals surface area (Å²) >= 11 is 0. The van der Waals surface area contributed by atoms with Gasteiger partial charge in [0.05, 0.1) is 11.1 Å². The van der Waals surface area contributed by atoms with Crippen molar-refractivity contribution < 1.29 is 22.6 Å². The van der Waals surface area contributed by atoms with Gasteiger partial charge in [-0.2, -0.15) is 18.4 Å². The van der Waals surface area contributed by atoms with Crippen molar-refractivity contribution in [1.82, 2.24) is 15.0 Å². The van der Waals surface area contributed by atoms with Crippen molar-refractivity contribution in [2.24, 2.45) is 0 Å². The van der Waals surface area contributed by atoms with Gasteiger partial charge in [-0.3, -0.25) is 0 Å². The number of ether oxygens (including phenoxy) is 2. The summed E-state index contributed by atoms with van der Waals surface area (Å²) in [7, 11) is 0. The van der Waals surface area contributed by atoms with E-state index in [0.717, 1.165) is 16.8 Å². The maximum Gasteiger partial charge on any atom is 0.416 e. The number of alkyl halides is 3. The van der Waals surface area contributed by atoms with Crippen molar-refractivity contribution in [3.8, 4) is 17.6 Å². The second-order valence-electron chi connectivity index (χ2n) is 5.46. The van der Waals surface area contributed by atoms with E-state index in [9.17, 15) is 18.4 Å². The lowest BCUT2D eigenvalue weighted by atomic mass is 10.1. The molecule has 0 bridgehead atoms. The molecule has 0 saturated heterocycles. The number of allylic oxidation sites excluding steroid dienone is 1. The second-order valence-corrected chi connectivity index (χ2v) is 5.46. The second kappa shape index (κ2) is 5.77. The summed E-state index contributed by atoms with van der Waals surface area (Å²) in [5.74, 6) is 1.11. The molecule has 4 rings (SSSR count). The molecule has 1 aromatic heterocycles. The van der Waals surface area contributed by atoms with Gasteiger partial charge in [-0.25, -0.2) is 4.68 Å². The highest BCUT2D eigenvalue weighted by Gasteiger charge is 2.31. The Kier molecular flexibility index (Phi) is 3.54. The number of benzene rings is 2. The molecule has 130 valence electrons. The first kappa shape index (κ1) is 16.0. The molecule has 3 aromatic rings. The fraction of sp³-hybridized carbons (Fsp3) is 0.118. The van der Waals surface area contributed by atoms with E-state index >= 15 is 0 Å². The number of halogens is 3. The van der Waals surface area contributed by atoms with Gasteiger partial charge < -0.3 is 9.47 Å². The number of nitrogens with zero attached hydrogens (tertiary/aromatic N) is 4. The third kappa shape index (κ3) is 2.71. The lowest BCUT2D eigenvalue weighted by Gasteiger charge is -2.07. The minimum absolute atomic E-state index is 0.0192. The van der Waals surface area contributed by atoms with Crippen LogP contribution in [0.2, 0.25) is 0 Å². The van der Waals surface area contributed by atoms with E-state index in [1.165, 1.54) is 12.1 Å². The summed E-state index contributed by atoms with van der Waals surface area (Å²) in [6.45, 7) is 0.113. The Morgan fingerprint density at radius 2 is 1.96 bits per heavy atom. The van der Waals surface area contributed by atoms with Gasteiger partial charge in [0.1, 0.15) is 17.3 Å². The van der Waals surface area contributed by atoms with Crippen LogP contribution in [0, 0.1) is 11.3 Å². The molecule has 0 amide bonds. The molecule has 0 unspecified atom stereocenters. The van der Waals surface area contributed by atoms with E-state index in [2.05, 4.69) is 10.3 Å². The van der Waals surface area contributed by atoms with Gasteiger partial charge in [0.25, 0.3) is 0 Å². The van der Waals surface area contributed by atoms with Crippen LogP contribution in [0.25, 0.3) is 22.8 Å². The zero-order valence-corrected chi connectivity index (χ0v) is 13.0. The molecule has 2 heterocycles. The average molecular weight is 358 g/mol. The van der Waals surface area contributed by atoms with Crippen LogP contribution in [-0.4, -0.2) is 21.8 Å². The Morgan fingerprint density at radius 1 is 1.15 bits per heavy atom. The zero-order chi connectivity index (χ0) is 18.3. The maximum absolute atomic E-state index is 13.0. The van der Waals surface area contributed by atoms with Crippen LogP contribution in [0.5, 0.6) is 11.5 Å². The Morgan fingerprint density at radius 3 is 2.73 bits per heavy atom. The quantitative estimate of drug-likeness (QED) is 0.653. The fourth-order valence-corrected chi connectivity index (χ4v) is 2.57. The highest BCUT2D eigenvalue weighted by Crippen LogP contribution is 2.34. The third-order valence-corrected chi connectivity index (χ3v) is 3.82. The summed E-state index contributed by atoms with van der Waals surface area (Å²) in [6.07, 6.45) is -3.02. The SMILES string of the molecule is N#C/C(=C\c1ccc2c(c1)OCO2)n1nnc2ccc(C(F)(F)F)cc21. The van der Waals surface area contributed by atoms with Gasteiger partial charge >= 0.3 is 6.18 Å². The fourth-order valence-electron chi connectivity index (χ4n) is 2.57. The van der Waals surface area contributed by atoms with Crippen LogP contribution >= 0.6 is 0 Å². The Bertz CT molecular complexity index is 1080. The molecule has 26 heavy (non-hydrogen) atoms. The highest BCUT2D eigenvalue weighted by atomic mass is 19.4. The predicted octanol–water partition coefficient (Wildman–Crippen LogP) is 3.70. The summed E-state index contributed by atoms with van der Waals surface area (Å²) in [5, 5.41) is 17.1. The van der Waals surface area contributed by atoms with Gasteiger partial charge in [-0.1, -0.05) is 11.3 Å². The molecule has 0 aliphatic carbocycles. The molecule has 0 N–H and O–H groups in total. The van der Waals surface area contributed by atoms with E-state index in [4.69, 9.17) is 9.47 Å². The summed E-state index contributed by atoms with van der Waals surface area (Å²) in [4.78, 5) is 0. The van der Waals surface area contributed by atoms with Gasteiger partial charge in [-0.05, 0) is 42.0 Å². The molecule has 0 fully saturated rings. The first-order valence-electron chi connectivity index (χ1n) is 7.40. The number of hydrogen-bond acceptors (Lipinski definition) is 5. The molecular formula is C17H9F3N4O2. The minimum atomic E-state index is -4.50. The van der Waals surface area contributed by atoms with Crippen molar-refractivity contribution in [1.29, 1.82) is 5.26 Å². The lowest BCUT2D eigenvalue weighted by Crippen LogP contribution is -2.05. The Hall–Kier alpha value is -3.54. The largest absolute Gasteiger partial charge is 0.454 e. The Labute approximate surface area is 144 Å². The van der Waals surface area contributed by atoms with E-state index in [-0.39, 0.29) is 23.5 Å². The van der Waals surface area contributed by atoms with Gasteiger partial charge in [0.15, 0.2) is 11.5 Å². The van der Waals surface area contributed by atoms with Crippen LogP contribution in [-0.2, 0) is 6.18 Å². The first-order valence-corrected chi connectivity index (χ1v) is 7.40. The lowest BCUT2D eigenvalue weighted by molar-refractivity contribution is -0.137. The van der Waals surface area contributed by atoms with E-state index < -0.39 is 11.7 Å². The molecule has 9 heteroatoms. The van der Waals surface area contributed by atoms with Crippen molar-refractivity contribution in [2.75, 3.05) is 6.79 Å². The average Bonchev–Trinajstić information content (AvgIpc) is 3.24. The zero-order valence-electron chi connectivity index (χ0n) is 13.0. The molecule has 1 aliphatic rings. The topological polar surface area (TPSA) is 73.0 Å². The normalized spacial score (nSPS) is 13.8. The molecule has 6 nitrogen and oxygen atoms in total. The standard InChI is InChI=1S/C17H9F3N4O2/c18-17(19,20)11-2-3-13-14(7-11)24(23-22-13)12(8-21)5-10-1-4-15-16(6-10)26-9-25-15/h1-7H,9H2/b12-5+. The summed E-state index contributed by atoms with van der Waals surface area (Å²) in [5.41, 5.74) is 0.138. The monoisotopic (exact) mass is 358 g/mol. The summed E-state index contributed by atoms with van der Waals surface area (Å²) < 4.78 is 50.4.